The van der Waals surface area contributed by atoms with Crippen LogP contribution < -0.4 is 0 Å². The number of aliphatic hydroxyl groups excluding tert-OH is 3. The molecule has 3 N–H and O–H groups in total. The molecule has 1 fully saturated rings. The van der Waals surface area contributed by atoms with E-state index in [0.29, 0.717) is 6.42 Å². The van der Waals surface area contributed by atoms with E-state index >= 15 is 0 Å². The molecule has 0 unspecified atom stereocenters. The maximum atomic E-state index is 10.0. The molecule has 3 nitrogen and oxygen atoms in total. The van der Waals surface area contributed by atoms with Gasteiger partial charge >= 0.3 is 0 Å². The lowest BCUT2D eigenvalue weighted by atomic mass is 9.89. The Bertz CT molecular complexity index is 296. The van der Waals surface area contributed by atoms with Crippen LogP contribution in [0.15, 0.2) is 24.3 Å². The highest BCUT2D eigenvalue weighted by molar-refractivity contribution is 5.05. The van der Waals surface area contributed by atoms with Gasteiger partial charge in [-0.3, -0.25) is 0 Å². The van der Waals surface area contributed by atoms with Crippen molar-refractivity contribution in [3.05, 3.63) is 24.3 Å². The lowest BCUT2D eigenvalue weighted by molar-refractivity contribution is 0.120. The molecule has 0 aliphatic heterocycles. The van der Waals surface area contributed by atoms with Crippen molar-refractivity contribution in [3.8, 4) is 0 Å². The molecule has 0 radical (unpaired) electrons. The van der Waals surface area contributed by atoms with E-state index in [9.17, 15) is 15.3 Å². The highest BCUT2D eigenvalue weighted by Crippen LogP contribution is 2.36. The van der Waals surface area contributed by atoms with Crippen molar-refractivity contribution < 1.29 is 15.3 Å². The molecular formula is C16H28O3. The summed E-state index contributed by atoms with van der Waals surface area (Å²) in [6.07, 6.45) is 11.1. The number of rotatable bonds is 7. The summed E-state index contributed by atoms with van der Waals surface area (Å²) in [6, 6.07) is 0. The van der Waals surface area contributed by atoms with Gasteiger partial charge in [-0.15, -0.1) is 0 Å². The molecule has 0 bridgehead atoms. The Hall–Kier alpha value is -0.640. The van der Waals surface area contributed by atoms with Crippen LogP contribution >= 0.6 is 0 Å². The summed E-state index contributed by atoms with van der Waals surface area (Å²) in [7, 11) is 0. The van der Waals surface area contributed by atoms with Crippen LogP contribution in [0.3, 0.4) is 0 Å². The SMILES string of the molecule is CCCC/C=C\C[C@@H]1[C@@H](C=C[C@H](C)O)[C@H](O)C[C@@H]1O. The zero-order valence-corrected chi connectivity index (χ0v) is 12.1. The minimum absolute atomic E-state index is 0.0552. The Labute approximate surface area is 116 Å². The van der Waals surface area contributed by atoms with E-state index in [-0.39, 0.29) is 11.8 Å². The van der Waals surface area contributed by atoms with Crippen LogP contribution in [0.25, 0.3) is 0 Å². The quantitative estimate of drug-likeness (QED) is 0.491. The molecule has 5 atom stereocenters. The zero-order valence-electron chi connectivity index (χ0n) is 12.1. The van der Waals surface area contributed by atoms with Gasteiger partial charge in [0.05, 0.1) is 18.3 Å². The largest absolute Gasteiger partial charge is 0.393 e. The van der Waals surface area contributed by atoms with Crippen molar-refractivity contribution >= 4 is 0 Å². The van der Waals surface area contributed by atoms with Crippen molar-refractivity contribution in [1.82, 2.24) is 0 Å². The van der Waals surface area contributed by atoms with E-state index in [0.717, 1.165) is 12.8 Å². The fourth-order valence-corrected chi connectivity index (χ4v) is 2.69. The van der Waals surface area contributed by atoms with Gasteiger partial charge in [-0.1, -0.05) is 44.1 Å². The van der Waals surface area contributed by atoms with E-state index in [2.05, 4.69) is 19.1 Å². The standard InChI is InChI=1S/C16H28O3/c1-3-4-5-6-7-8-13-14(10-9-12(2)17)16(19)11-15(13)18/h6-7,9-10,12-19H,3-5,8,11H2,1-2H3/b7-6-,10-9?/t12-,13+,14+,15-,16+/m0/s1. The lowest BCUT2D eigenvalue weighted by Crippen LogP contribution is -2.20. The Morgan fingerprint density at radius 2 is 1.95 bits per heavy atom. The van der Waals surface area contributed by atoms with Gasteiger partial charge in [-0.2, -0.15) is 0 Å². The average Bonchev–Trinajstić information content (AvgIpc) is 2.61. The first-order valence-electron chi connectivity index (χ1n) is 7.43. The van der Waals surface area contributed by atoms with Crippen LogP contribution in [0, 0.1) is 11.8 Å². The van der Waals surface area contributed by atoms with Gasteiger partial charge in [-0.05, 0) is 25.7 Å². The first kappa shape index (κ1) is 16.4. The first-order chi connectivity index (χ1) is 9.06. The Kier molecular flexibility index (Phi) is 7.36. The molecular weight excluding hydrogens is 240 g/mol. The minimum atomic E-state index is -0.509. The average molecular weight is 268 g/mol. The number of hydrogen-bond acceptors (Lipinski definition) is 3. The predicted octanol–water partition coefficient (Wildman–Crippen LogP) is 2.42. The maximum Gasteiger partial charge on any atom is 0.0692 e. The molecule has 0 aromatic rings. The van der Waals surface area contributed by atoms with Gasteiger partial charge in [0.2, 0.25) is 0 Å². The van der Waals surface area contributed by atoms with Crippen molar-refractivity contribution in [2.24, 2.45) is 11.8 Å². The third-order valence-electron chi connectivity index (χ3n) is 3.83. The molecule has 0 aromatic heterocycles. The third-order valence-corrected chi connectivity index (χ3v) is 3.83. The lowest BCUT2D eigenvalue weighted by Gasteiger charge is -2.19. The second-order valence-electron chi connectivity index (χ2n) is 5.59. The zero-order chi connectivity index (χ0) is 14.3. The molecule has 110 valence electrons. The van der Waals surface area contributed by atoms with Crippen LogP contribution in [-0.2, 0) is 0 Å². The van der Waals surface area contributed by atoms with Crippen LogP contribution in [0.2, 0.25) is 0 Å². The van der Waals surface area contributed by atoms with E-state index in [1.54, 1.807) is 13.0 Å². The molecule has 3 heteroatoms. The smallest absolute Gasteiger partial charge is 0.0692 e. The molecule has 19 heavy (non-hydrogen) atoms. The minimum Gasteiger partial charge on any atom is -0.393 e. The summed E-state index contributed by atoms with van der Waals surface area (Å²) in [5.41, 5.74) is 0. The molecule has 1 rings (SSSR count). The summed E-state index contributed by atoms with van der Waals surface area (Å²) in [5.74, 6) is 0.00306. The van der Waals surface area contributed by atoms with Crippen molar-refractivity contribution in [2.75, 3.05) is 0 Å². The normalized spacial score (nSPS) is 33.5. The molecule has 1 aliphatic rings. The molecule has 1 aliphatic carbocycles. The molecule has 0 amide bonds. The van der Waals surface area contributed by atoms with Crippen LogP contribution in [0.4, 0.5) is 0 Å². The second kappa shape index (κ2) is 8.51. The van der Waals surface area contributed by atoms with E-state index in [1.807, 2.05) is 6.08 Å². The molecule has 0 aromatic carbocycles. The fourth-order valence-electron chi connectivity index (χ4n) is 2.69. The number of unbranched alkanes of at least 4 members (excludes halogenated alkanes) is 2. The van der Waals surface area contributed by atoms with Crippen LogP contribution in [0.5, 0.6) is 0 Å². The predicted molar refractivity (Wildman–Crippen MR) is 77.7 cm³/mol. The number of aliphatic hydroxyl groups is 3. The van der Waals surface area contributed by atoms with Gasteiger partial charge in [0, 0.05) is 12.3 Å². The topological polar surface area (TPSA) is 60.7 Å². The number of hydrogen-bond donors (Lipinski definition) is 3. The maximum absolute atomic E-state index is 10.0. The van der Waals surface area contributed by atoms with Crippen LogP contribution in [-0.4, -0.2) is 33.6 Å². The van der Waals surface area contributed by atoms with Crippen molar-refractivity contribution in [2.45, 2.75) is 64.3 Å². The first-order valence-corrected chi connectivity index (χ1v) is 7.43. The van der Waals surface area contributed by atoms with Gasteiger partial charge < -0.3 is 15.3 Å². The van der Waals surface area contributed by atoms with E-state index < -0.39 is 18.3 Å². The molecule has 0 saturated heterocycles. The van der Waals surface area contributed by atoms with Gasteiger partial charge in [0.15, 0.2) is 0 Å². The molecule has 1 saturated carbocycles. The summed E-state index contributed by atoms with van der Waals surface area (Å²) in [4.78, 5) is 0. The summed E-state index contributed by atoms with van der Waals surface area (Å²) < 4.78 is 0. The highest BCUT2D eigenvalue weighted by atomic mass is 16.3. The van der Waals surface area contributed by atoms with Crippen LogP contribution in [0.1, 0.15) is 46.0 Å². The fraction of sp³-hybridized carbons (Fsp3) is 0.750. The highest BCUT2D eigenvalue weighted by Gasteiger charge is 2.39. The van der Waals surface area contributed by atoms with E-state index in [1.165, 1.54) is 12.8 Å². The van der Waals surface area contributed by atoms with Crippen molar-refractivity contribution in [1.29, 1.82) is 0 Å². The number of allylic oxidation sites excluding steroid dienone is 2. The Morgan fingerprint density at radius 1 is 1.21 bits per heavy atom. The summed E-state index contributed by atoms with van der Waals surface area (Å²) in [6.45, 7) is 3.86. The third kappa shape index (κ3) is 5.47. The monoisotopic (exact) mass is 268 g/mol. The Morgan fingerprint density at radius 3 is 2.58 bits per heavy atom. The molecule has 0 spiro atoms. The van der Waals surface area contributed by atoms with Crippen molar-refractivity contribution in [3.63, 3.8) is 0 Å². The summed E-state index contributed by atoms with van der Waals surface area (Å²) in [5, 5.41) is 29.3. The Balaban J connectivity index is 2.54. The second-order valence-corrected chi connectivity index (χ2v) is 5.59. The van der Waals surface area contributed by atoms with E-state index in [4.69, 9.17) is 0 Å². The van der Waals surface area contributed by atoms with Gasteiger partial charge in [0.1, 0.15) is 0 Å². The van der Waals surface area contributed by atoms with Gasteiger partial charge in [-0.25, -0.2) is 0 Å². The van der Waals surface area contributed by atoms with Gasteiger partial charge in [0.25, 0.3) is 0 Å². The molecule has 0 heterocycles. The summed E-state index contributed by atoms with van der Waals surface area (Å²) >= 11 is 0.